The third-order valence-corrected chi connectivity index (χ3v) is 2.16. The van der Waals surface area contributed by atoms with E-state index in [0.29, 0.717) is 5.57 Å². The fraction of sp³-hybridized carbons (Fsp3) is 0.667. The molecule has 0 aliphatic carbocycles. The molecule has 3 heteroatoms. The van der Waals surface area contributed by atoms with Crippen molar-refractivity contribution in [2.45, 2.75) is 32.3 Å². The molecule has 1 rings (SSSR count). The first-order chi connectivity index (χ1) is 5.53. The molecule has 1 saturated heterocycles. The molecule has 0 aromatic carbocycles. The highest BCUT2D eigenvalue weighted by Gasteiger charge is 2.27. The Balaban J connectivity index is 2.70. The average Bonchev–Trinajstić information content (AvgIpc) is 2.35. The summed E-state index contributed by atoms with van der Waals surface area (Å²) in [6, 6.07) is 0. The van der Waals surface area contributed by atoms with E-state index in [0.717, 1.165) is 19.4 Å². The van der Waals surface area contributed by atoms with Gasteiger partial charge in [-0.2, -0.15) is 0 Å². The molecule has 0 radical (unpaired) electrons. The first kappa shape index (κ1) is 9.26. The van der Waals surface area contributed by atoms with E-state index in [2.05, 4.69) is 0 Å². The molecule has 0 saturated carbocycles. The van der Waals surface area contributed by atoms with Gasteiger partial charge in [-0.25, -0.2) is 0 Å². The van der Waals surface area contributed by atoms with Gasteiger partial charge in [0.1, 0.15) is 0 Å². The van der Waals surface area contributed by atoms with Gasteiger partial charge in [0.05, 0.1) is 5.60 Å². The highest BCUT2D eigenvalue weighted by Crippen LogP contribution is 2.27. The Bertz CT molecular complexity index is 215. The zero-order valence-corrected chi connectivity index (χ0v) is 7.59. The van der Waals surface area contributed by atoms with Crippen LogP contribution >= 0.6 is 0 Å². The number of carbonyl (C=O) groups is 1. The van der Waals surface area contributed by atoms with Gasteiger partial charge >= 0.3 is 0 Å². The molecule has 1 fully saturated rings. The van der Waals surface area contributed by atoms with Crippen molar-refractivity contribution in [3.63, 3.8) is 0 Å². The van der Waals surface area contributed by atoms with E-state index in [1.165, 1.54) is 0 Å². The zero-order valence-electron chi connectivity index (χ0n) is 7.59. The van der Waals surface area contributed by atoms with Crippen LogP contribution in [-0.2, 0) is 9.53 Å². The smallest absolute Gasteiger partial charge is 0.244 e. The number of amides is 1. The summed E-state index contributed by atoms with van der Waals surface area (Å²) < 4.78 is 5.48. The van der Waals surface area contributed by atoms with E-state index in [9.17, 15) is 4.79 Å². The minimum atomic E-state index is -0.369. The Morgan fingerprint density at radius 3 is 2.75 bits per heavy atom. The molecule has 0 spiro atoms. The molecule has 1 heterocycles. The molecular weight excluding hydrogens is 154 g/mol. The van der Waals surface area contributed by atoms with Crippen LogP contribution in [0.25, 0.3) is 0 Å². The minimum Gasteiger partial charge on any atom is -0.371 e. The van der Waals surface area contributed by atoms with E-state index < -0.39 is 0 Å². The van der Waals surface area contributed by atoms with Crippen LogP contribution in [0.3, 0.4) is 0 Å². The number of hydrogen-bond donors (Lipinski definition) is 1. The molecule has 12 heavy (non-hydrogen) atoms. The second kappa shape index (κ2) is 3.27. The second-order valence-electron chi connectivity index (χ2n) is 3.46. The first-order valence-electron chi connectivity index (χ1n) is 4.17. The van der Waals surface area contributed by atoms with Gasteiger partial charge in [-0.05, 0) is 32.8 Å². The van der Waals surface area contributed by atoms with Crippen LogP contribution in [0.4, 0.5) is 0 Å². The quantitative estimate of drug-likeness (QED) is 0.627. The van der Waals surface area contributed by atoms with Crippen molar-refractivity contribution in [1.29, 1.82) is 0 Å². The van der Waals surface area contributed by atoms with Crippen LogP contribution in [0.2, 0.25) is 0 Å². The lowest BCUT2D eigenvalue weighted by molar-refractivity contribution is -0.114. The van der Waals surface area contributed by atoms with Crippen LogP contribution in [0.15, 0.2) is 11.6 Å². The Labute approximate surface area is 72.6 Å². The number of ether oxygens (including phenoxy) is 1. The summed E-state index contributed by atoms with van der Waals surface area (Å²) in [4.78, 5) is 10.7. The number of hydrogen-bond acceptors (Lipinski definition) is 2. The van der Waals surface area contributed by atoms with Crippen molar-refractivity contribution < 1.29 is 9.53 Å². The van der Waals surface area contributed by atoms with Crippen molar-refractivity contribution in [2.75, 3.05) is 6.61 Å². The lowest BCUT2D eigenvalue weighted by Gasteiger charge is -2.18. The predicted molar refractivity (Wildman–Crippen MR) is 46.5 cm³/mol. The Morgan fingerprint density at radius 1 is 1.67 bits per heavy atom. The van der Waals surface area contributed by atoms with Gasteiger partial charge in [0.15, 0.2) is 0 Å². The molecule has 1 unspecified atom stereocenters. The predicted octanol–water partition coefficient (Wildman–Crippen LogP) is 0.987. The van der Waals surface area contributed by atoms with Crippen LogP contribution in [0.1, 0.15) is 26.7 Å². The van der Waals surface area contributed by atoms with E-state index >= 15 is 0 Å². The summed E-state index contributed by atoms with van der Waals surface area (Å²) >= 11 is 0. The fourth-order valence-corrected chi connectivity index (χ4v) is 1.44. The zero-order chi connectivity index (χ0) is 9.19. The monoisotopic (exact) mass is 169 g/mol. The number of nitrogens with two attached hydrogens (primary N) is 1. The van der Waals surface area contributed by atoms with Crippen molar-refractivity contribution >= 4 is 5.91 Å². The van der Waals surface area contributed by atoms with E-state index in [-0.39, 0.29) is 11.5 Å². The van der Waals surface area contributed by atoms with E-state index in [4.69, 9.17) is 10.5 Å². The largest absolute Gasteiger partial charge is 0.371 e. The van der Waals surface area contributed by atoms with Gasteiger partial charge in [0.2, 0.25) is 5.91 Å². The minimum absolute atomic E-state index is 0.265. The van der Waals surface area contributed by atoms with Gasteiger partial charge in [0.25, 0.3) is 0 Å². The molecule has 1 atom stereocenters. The Kier molecular flexibility index (Phi) is 2.52. The number of carbonyl (C=O) groups excluding carboxylic acids is 1. The summed E-state index contributed by atoms with van der Waals surface area (Å²) in [6.45, 7) is 4.47. The van der Waals surface area contributed by atoms with Gasteiger partial charge in [-0.3, -0.25) is 4.79 Å². The van der Waals surface area contributed by atoms with Crippen LogP contribution in [0.5, 0.6) is 0 Å². The maximum Gasteiger partial charge on any atom is 0.244 e. The standard InChI is InChI=1S/C9H15NO2/c1-7(8(10)11)6-9(2)4-3-5-12-9/h6H,3-5H2,1-2H3,(H2,10,11). The number of primary amides is 1. The van der Waals surface area contributed by atoms with Crippen LogP contribution in [-0.4, -0.2) is 18.1 Å². The van der Waals surface area contributed by atoms with Crippen LogP contribution in [0, 0.1) is 0 Å². The van der Waals surface area contributed by atoms with Crippen LogP contribution < -0.4 is 5.73 Å². The van der Waals surface area contributed by atoms with E-state index in [1.54, 1.807) is 6.92 Å². The third kappa shape index (κ3) is 2.08. The van der Waals surface area contributed by atoms with Crippen molar-refractivity contribution in [3.05, 3.63) is 11.6 Å². The Hall–Kier alpha value is -0.830. The third-order valence-electron chi connectivity index (χ3n) is 2.16. The van der Waals surface area contributed by atoms with Gasteiger partial charge < -0.3 is 10.5 Å². The van der Waals surface area contributed by atoms with Gasteiger partial charge in [0, 0.05) is 12.2 Å². The maximum absolute atomic E-state index is 10.7. The molecule has 1 aliphatic heterocycles. The molecule has 0 aromatic heterocycles. The van der Waals surface area contributed by atoms with Gasteiger partial charge in [-0.1, -0.05) is 0 Å². The highest BCUT2D eigenvalue weighted by molar-refractivity contribution is 5.91. The molecule has 68 valence electrons. The van der Waals surface area contributed by atoms with Crippen molar-refractivity contribution in [3.8, 4) is 0 Å². The molecule has 0 bridgehead atoms. The van der Waals surface area contributed by atoms with Gasteiger partial charge in [-0.15, -0.1) is 0 Å². The summed E-state index contributed by atoms with van der Waals surface area (Å²) in [5, 5.41) is 0. The normalized spacial score (nSPS) is 30.7. The summed E-state index contributed by atoms with van der Waals surface area (Å²) in [7, 11) is 0. The lowest BCUT2D eigenvalue weighted by atomic mass is 10.00. The molecular formula is C9H15NO2. The topological polar surface area (TPSA) is 52.3 Å². The first-order valence-corrected chi connectivity index (χ1v) is 4.17. The van der Waals surface area contributed by atoms with E-state index in [1.807, 2.05) is 13.0 Å². The molecule has 1 aliphatic rings. The summed E-state index contributed by atoms with van der Waals surface area (Å²) in [5.74, 6) is -0.369. The summed E-state index contributed by atoms with van der Waals surface area (Å²) in [5.41, 5.74) is 5.43. The average molecular weight is 169 g/mol. The SMILES string of the molecule is CC(=CC1(C)CCCO1)C(N)=O. The molecule has 1 amide bonds. The molecule has 3 nitrogen and oxygen atoms in total. The number of rotatable bonds is 2. The maximum atomic E-state index is 10.7. The Morgan fingerprint density at radius 2 is 2.33 bits per heavy atom. The highest BCUT2D eigenvalue weighted by atomic mass is 16.5. The second-order valence-corrected chi connectivity index (χ2v) is 3.46. The van der Waals surface area contributed by atoms with Crippen molar-refractivity contribution in [2.24, 2.45) is 5.73 Å². The molecule has 2 N–H and O–H groups in total. The summed E-state index contributed by atoms with van der Waals surface area (Å²) in [6.07, 6.45) is 3.85. The molecule has 0 aromatic rings. The fourth-order valence-electron chi connectivity index (χ4n) is 1.44. The van der Waals surface area contributed by atoms with Crippen molar-refractivity contribution in [1.82, 2.24) is 0 Å². The lowest BCUT2D eigenvalue weighted by Crippen LogP contribution is -2.22.